The maximum Gasteiger partial charge on any atom is 0.495 e. The van der Waals surface area contributed by atoms with Gasteiger partial charge in [0.1, 0.15) is 0 Å². The molecule has 2 aromatic carbocycles. The van der Waals surface area contributed by atoms with Gasteiger partial charge in [-0.15, -0.1) is 0 Å². The first-order valence-electron chi connectivity index (χ1n) is 10.8. The van der Waals surface area contributed by atoms with Crippen LogP contribution in [0.15, 0.2) is 83.9 Å². The maximum absolute atomic E-state index is 13.8. The van der Waals surface area contributed by atoms with Crippen molar-refractivity contribution in [3.05, 3.63) is 79.0 Å². The molecular weight excluding hydrogens is 435 g/mol. The minimum Gasteiger partial charge on any atom is -0.399 e. The van der Waals surface area contributed by atoms with Crippen LogP contribution in [0.3, 0.4) is 0 Å². The zero-order valence-corrected chi connectivity index (χ0v) is 19.8. The van der Waals surface area contributed by atoms with Gasteiger partial charge in [-0.1, -0.05) is 48.5 Å². The van der Waals surface area contributed by atoms with E-state index in [0.717, 1.165) is 11.0 Å². The second-order valence-electron chi connectivity index (χ2n) is 9.20. The van der Waals surface area contributed by atoms with E-state index in [0.29, 0.717) is 16.7 Å². The molecule has 33 heavy (non-hydrogen) atoms. The van der Waals surface area contributed by atoms with E-state index in [1.54, 1.807) is 36.5 Å². The van der Waals surface area contributed by atoms with Crippen LogP contribution in [0, 0.1) is 0 Å². The van der Waals surface area contributed by atoms with Gasteiger partial charge in [0.2, 0.25) is 0 Å². The number of pyridine rings is 1. The van der Waals surface area contributed by atoms with E-state index < -0.39 is 28.3 Å². The fourth-order valence-electron chi connectivity index (χ4n) is 4.02. The van der Waals surface area contributed by atoms with E-state index >= 15 is 0 Å². The summed E-state index contributed by atoms with van der Waals surface area (Å²) in [6.45, 7) is 7.97. The van der Waals surface area contributed by atoms with Gasteiger partial charge in [-0.3, -0.25) is 0 Å². The quantitative estimate of drug-likeness (QED) is 0.426. The normalized spacial score (nSPS) is 17.5. The van der Waals surface area contributed by atoms with Gasteiger partial charge in [0.25, 0.3) is 10.0 Å². The molecule has 0 unspecified atom stereocenters. The van der Waals surface area contributed by atoms with Crippen LogP contribution in [0.5, 0.6) is 0 Å². The summed E-state index contributed by atoms with van der Waals surface area (Å²) in [6.07, 6.45) is 1.61. The minimum absolute atomic E-state index is 0.197. The van der Waals surface area contributed by atoms with Crippen LogP contribution in [0.25, 0.3) is 22.3 Å². The highest BCUT2D eigenvalue weighted by molar-refractivity contribution is 7.90. The molecular formula is C25H25BN2O4S. The summed E-state index contributed by atoms with van der Waals surface area (Å²) in [6, 6.07) is 21.5. The molecule has 8 heteroatoms. The lowest BCUT2D eigenvalue weighted by atomic mass is 9.78. The van der Waals surface area contributed by atoms with Gasteiger partial charge in [-0.25, -0.2) is 17.4 Å². The lowest BCUT2D eigenvalue weighted by Gasteiger charge is -2.32. The fraction of sp³-hybridized carbons (Fsp3) is 0.240. The smallest absolute Gasteiger partial charge is 0.399 e. The molecule has 0 atom stereocenters. The van der Waals surface area contributed by atoms with Crippen LogP contribution in [-0.4, -0.2) is 35.7 Å². The highest BCUT2D eigenvalue weighted by Crippen LogP contribution is 2.38. The van der Waals surface area contributed by atoms with Gasteiger partial charge in [0, 0.05) is 11.6 Å². The summed E-state index contributed by atoms with van der Waals surface area (Å²) in [5, 5.41) is 0.675. The third-order valence-electron chi connectivity index (χ3n) is 6.55. The average Bonchev–Trinajstić information content (AvgIpc) is 3.29. The second-order valence-corrected chi connectivity index (χ2v) is 11.0. The van der Waals surface area contributed by atoms with E-state index in [-0.39, 0.29) is 4.90 Å². The first-order chi connectivity index (χ1) is 15.6. The molecule has 168 valence electrons. The van der Waals surface area contributed by atoms with Crippen LogP contribution in [0.2, 0.25) is 0 Å². The van der Waals surface area contributed by atoms with Crippen molar-refractivity contribution < 1.29 is 17.7 Å². The van der Waals surface area contributed by atoms with Crippen molar-refractivity contribution in [2.75, 3.05) is 0 Å². The Hall–Kier alpha value is -2.94. The standard InChI is InChI=1S/C25H25BN2O4S/c1-24(2)25(3,4)32-26(31-24)21-15-16-27-23-20(21)17-22(18-11-7-5-8-12-18)28(23)33(29,30)19-13-9-6-10-14-19/h5-17H,1-4H3. The summed E-state index contributed by atoms with van der Waals surface area (Å²) in [5.41, 5.74) is 1.35. The van der Waals surface area contributed by atoms with Gasteiger partial charge >= 0.3 is 7.12 Å². The van der Waals surface area contributed by atoms with Crippen molar-refractivity contribution in [3.63, 3.8) is 0 Å². The predicted octanol–water partition coefficient (Wildman–Crippen LogP) is 4.24. The van der Waals surface area contributed by atoms with E-state index in [1.807, 2.05) is 70.2 Å². The van der Waals surface area contributed by atoms with E-state index in [4.69, 9.17) is 9.31 Å². The number of fused-ring (bicyclic) bond motifs is 1. The van der Waals surface area contributed by atoms with E-state index in [9.17, 15) is 8.42 Å². The van der Waals surface area contributed by atoms with Gasteiger partial charge in [0.05, 0.1) is 21.8 Å². The summed E-state index contributed by atoms with van der Waals surface area (Å²) in [4.78, 5) is 4.69. The largest absolute Gasteiger partial charge is 0.495 e. The Labute approximate surface area is 194 Å². The molecule has 3 heterocycles. The highest BCUT2D eigenvalue weighted by atomic mass is 32.2. The number of nitrogens with zero attached hydrogens (tertiary/aromatic N) is 2. The predicted molar refractivity (Wildman–Crippen MR) is 130 cm³/mol. The van der Waals surface area contributed by atoms with Gasteiger partial charge in [0.15, 0.2) is 5.65 Å². The molecule has 0 amide bonds. The Balaban J connectivity index is 1.78. The Morgan fingerprint density at radius 3 is 2.03 bits per heavy atom. The summed E-state index contributed by atoms with van der Waals surface area (Å²) < 4.78 is 41.5. The molecule has 0 saturated carbocycles. The third kappa shape index (κ3) is 3.49. The summed E-state index contributed by atoms with van der Waals surface area (Å²) in [5.74, 6) is 0. The Kier molecular flexibility index (Phi) is 5.01. The minimum atomic E-state index is -3.91. The molecule has 0 aliphatic carbocycles. The van der Waals surface area contributed by atoms with E-state index in [2.05, 4.69) is 4.98 Å². The third-order valence-corrected chi connectivity index (χ3v) is 8.27. The SMILES string of the molecule is CC1(C)OB(c2ccnc3c2cc(-c2ccccc2)n3S(=O)(=O)c2ccccc2)OC1(C)C. The lowest BCUT2D eigenvalue weighted by molar-refractivity contribution is 0.00578. The molecule has 0 bridgehead atoms. The summed E-state index contributed by atoms with van der Waals surface area (Å²) >= 11 is 0. The fourth-order valence-corrected chi connectivity index (χ4v) is 5.52. The van der Waals surface area contributed by atoms with Gasteiger partial charge in [-0.2, -0.15) is 0 Å². The van der Waals surface area contributed by atoms with Crippen molar-refractivity contribution in [2.24, 2.45) is 0 Å². The topological polar surface area (TPSA) is 70.4 Å². The first-order valence-corrected chi connectivity index (χ1v) is 12.3. The zero-order chi connectivity index (χ0) is 23.4. The molecule has 1 saturated heterocycles. The number of benzene rings is 2. The van der Waals surface area contributed by atoms with Crippen molar-refractivity contribution in [2.45, 2.75) is 43.8 Å². The Morgan fingerprint density at radius 2 is 1.42 bits per heavy atom. The van der Waals surface area contributed by atoms with Crippen LogP contribution in [0.1, 0.15) is 27.7 Å². The molecule has 1 fully saturated rings. The molecule has 0 N–H and O–H groups in total. The molecule has 5 rings (SSSR count). The van der Waals surface area contributed by atoms with Gasteiger partial charge in [-0.05, 0) is 63.0 Å². The number of aromatic nitrogens is 2. The average molecular weight is 460 g/mol. The van der Waals surface area contributed by atoms with Crippen LogP contribution in [-0.2, 0) is 19.3 Å². The second kappa shape index (κ2) is 7.55. The molecule has 6 nitrogen and oxygen atoms in total. The highest BCUT2D eigenvalue weighted by Gasteiger charge is 2.52. The number of hydrogen-bond acceptors (Lipinski definition) is 5. The Morgan fingerprint density at radius 1 is 0.848 bits per heavy atom. The Bertz CT molecular complexity index is 1420. The summed E-state index contributed by atoms with van der Waals surface area (Å²) in [7, 11) is -4.55. The van der Waals surface area contributed by atoms with Crippen LogP contribution >= 0.6 is 0 Å². The van der Waals surface area contributed by atoms with Gasteiger partial charge < -0.3 is 9.31 Å². The lowest BCUT2D eigenvalue weighted by Crippen LogP contribution is -2.41. The van der Waals surface area contributed by atoms with Crippen molar-refractivity contribution >= 4 is 33.6 Å². The van der Waals surface area contributed by atoms with Crippen LogP contribution in [0.4, 0.5) is 0 Å². The van der Waals surface area contributed by atoms with Crippen molar-refractivity contribution in [1.29, 1.82) is 0 Å². The molecule has 4 aromatic rings. The molecule has 1 aliphatic heterocycles. The molecule has 2 aromatic heterocycles. The van der Waals surface area contributed by atoms with E-state index in [1.165, 1.54) is 3.97 Å². The first kappa shape index (κ1) is 21.9. The zero-order valence-electron chi connectivity index (χ0n) is 19.0. The van der Waals surface area contributed by atoms with Crippen LogP contribution < -0.4 is 5.46 Å². The van der Waals surface area contributed by atoms with Crippen molar-refractivity contribution in [3.8, 4) is 11.3 Å². The number of rotatable bonds is 4. The van der Waals surface area contributed by atoms with Crippen molar-refractivity contribution in [1.82, 2.24) is 8.96 Å². The maximum atomic E-state index is 13.8. The molecule has 0 spiro atoms. The number of hydrogen-bond donors (Lipinski definition) is 0. The molecule has 0 radical (unpaired) electrons. The molecule has 1 aliphatic rings. The monoisotopic (exact) mass is 460 g/mol.